The Morgan fingerprint density at radius 3 is 2.76 bits per heavy atom. The highest BCUT2D eigenvalue weighted by Gasteiger charge is 2.18. The van der Waals surface area contributed by atoms with Crippen molar-refractivity contribution in [2.75, 3.05) is 6.54 Å². The summed E-state index contributed by atoms with van der Waals surface area (Å²) < 4.78 is 6.15. The Balaban J connectivity index is 2.09. The number of furan rings is 1. The summed E-state index contributed by atoms with van der Waals surface area (Å²) in [4.78, 5) is 17.0. The molecule has 0 amide bonds. The van der Waals surface area contributed by atoms with Gasteiger partial charge in [-0.25, -0.2) is 4.79 Å². The van der Waals surface area contributed by atoms with E-state index in [0.29, 0.717) is 0 Å². The van der Waals surface area contributed by atoms with Crippen LogP contribution in [0.4, 0.5) is 0 Å². The lowest BCUT2D eigenvalue weighted by molar-refractivity contribution is 0.548. The summed E-state index contributed by atoms with van der Waals surface area (Å²) in [6, 6.07) is 5.87. The van der Waals surface area contributed by atoms with Gasteiger partial charge in [0.2, 0.25) is 0 Å². The Bertz CT molecular complexity index is 789. The smallest absolute Gasteiger partial charge is 0.323 e. The molecule has 0 saturated heterocycles. The first-order chi connectivity index (χ1) is 10.2. The van der Waals surface area contributed by atoms with Crippen LogP contribution in [0.25, 0.3) is 11.0 Å². The average Bonchev–Trinajstić information content (AvgIpc) is 3.08. The van der Waals surface area contributed by atoms with Gasteiger partial charge in [-0.15, -0.1) is 0 Å². The minimum atomic E-state index is -0.199. The molecule has 6 heteroatoms. The standard InChI is InChI=1S/C15H16BrN3O2/c1-2-4-17-14(9-3-5-21-8-9)10-6-12-13(7-11(10)16)19-15(20)18-12/h3,5-8,14,17H,2,4H2,1H3,(H2,18,19,20). The fourth-order valence-corrected chi connectivity index (χ4v) is 3.00. The predicted molar refractivity (Wildman–Crippen MR) is 85.5 cm³/mol. The van der Waals surface area contributed by atoms with Gasteiger partial charge >= 0.3 is 5.69 Å². The zero-order chi connectivity index (χ0) is 14.8. The van der Waals surface area contributed by atoms with Crippen LogP contribution in [0.2, 0.25) is 0 Å². The lowest BCUT2D eigenvalue weighted by Crippen LogP contribution is -2.23. The molecule has 21 heavy (non-hydrogen) atoms. The van der Waals surface area contributed by atoms with Crippen molar-refractivity contribution in [1.29, 1.82) is 0 Å². The molecule has 0 bridgehead atoms. The molecule has 2 aromatic heterocycles. The van der Waals surface area contributed by atoms with Crippen molar-refractivity contribution in [3.05, 3.63) is 56.8 Å². The Labute approximate surface area is 129 Å². The third-order valence-corrected chi connectivity index (χ3v) is 4.11. The maximum atomic E-state index is 11.4. The lowest BCUT2D eigenvalue weighted by atomic mass is 10.0. The molecule has 0 saturated carbocycles. The van der Waals surface area contributed by atoms with Crippen LogP contribution in [0.15, 0.2) is 44.4 Å². The molecule has 0 aliphatic carbocycles. The number of halogens is 1. The monoisotopic (exact) mass is 349 g/mol. The minimum absolute atomic E-state index is 0.0147. The van der Waals surface area contributed by atoms with Crippen molar-refractivity contribution >= 4 is 27.0 Å². The Morgan fingerprint density at radius 1 is 1.33 bits per heavy atom. The van der Waals surface area contributed by atoms with Gasteiger partial charge in [0.25, 0.3) is 0 Å². The van der Waals surface area contributed by atoms with Crippen LogP contribution >= 0.6 is 15.9 Å². The summed E-state index contributed by atoms with van der Waals surface area (Å²) in [5, 5.41) is 3.51. The lowest BCUT2D eigenvalue weighted by Gasteiger charge is -2.19. The van der Waals surface area contributed by atoms with E-state index in [1.54, 1.807) is 12.5 Å². The third kappa shape index (κ3) is 2.82. The van der Waals surface area contributed by atoms with Crippen LogP contribution in [-0.4, -0.2) is 16.5 Å². The average molecular weight is 350 g/mol. The number of aromatic amines is 2. The second kappa shape index (κ2) is 5.91. The zero-order valence-corrected chi connectivity index (χ0v) is 13.2. The summed E-state index contributed by atoms with van der Waals surface area (Å²) in [5.74, 6) is 0. The molecule has 3 rings (SSSR count). The maximum Gasteiger partial charge on any atom is 0.323 e. The number of fused-ring (bicyclic) bond motifs is 1. The molecular formula is C15H16BrN3O2. The molecule has 0 spiro atoms. The van der Waals surface area contributed by atoms with E-state index in [0.717, 1.165) is 39.6 Å². The van der Waals surface area contributed by atoms with Crippen molar-refractivity contribution in [1.82, 2.24) is 15.3 Å². The fourth-order valence-electron chi connectivity index (χ4n) is 2.43. The largest absolute Gasteiger partial charge is 0.472 e. The highest BCUT2D eigenvalue weighted by molar-refractivity contribution is 9.10. The number of hydrogen-bond donors (Lipinski definition) is 3. The van der Waals surface area contributed by atoms with Gasteiger partial charge in [0.1, 0.15) is 0 Å². The number of imidazole rings is 1. The molecule has 3 N–H and O–H groups in total. The molecule has 1 aromatic carbocycles. The quantitative estimate of drug-likeness (QED) is 0.661. The van der Waals surface area contributed by atoms with E-state index in [-0.39, 0.29) is 11.7 Å². The van der Waals surface area contributed by atoms with E-state index in [9.17, 15) is 4.79 Å². The van der Waals surface area contributed by atoms with Crippen molar-refractivity contribution in [3.63, 3.8) is 0 Å². The molecule has 0 aliphatic rings. The van der Waals surface area contributed by atoms with Gasteiger partial charge in [-0.1, -0.05) is 22.9 Å². The van der Waals surface area contributed by atoms with E-state index < -0.39 is 0 Å². The number of benzene rings is 1. The SMILES string of the molecule is CCCNC(c1ccoc1)c1cc2[nH]c(=O)[nH]c2cc1Br. The van der Waals surface area contributed by atoms with E-state index in [4.69, 9.17) is 4.42 Å². The fraction of sp³-hybridized carbons (Fsp3) is 0.267. The van der Waals surface area contributed by atoms with Crippen LogP contribution in [0, 0.1) is 0 Å². The first kappa shape index (κ1) is 14.2. The normalized spacial score (nSPS) is 12.9. The Kier molecular flexibility index (Phi) is 3.98. The van der Waals surface area contributed by atoms with Crippen LogP contribution in [0.5, 0.6) is 0 Å². The summed E-state index contributed by atoms with van der Waals surface area (Å²) in [5.41, 5.74) is 3.51. The van der Waals surface area contributed by atoms with E-state index in [1.807, 2.05) is 18.2 Å². The number of aromatic nitrogens is 2. The van der Waals surface area contributed by atoms with E-state index in [1.165, 1.54) is 0 Å². The summed E-state index contributed by atoms with van der Waals surface area (Å²) >= 11 is 3.60. The second-order valence-corrected chi connectivity index (χ2v) is 5.80. The van der Waals surface area contributed by atoms with Gasteiger partial charge in [0.05, 0.1) is 29.6 Å². The van der Waals surface area contributed by atoms with Crippen molar-refractivity contribution < 1.29 is 4.42 Å². The van der Waals surface area contributed by atoms with Crippen LogP contribution in [-0.2, 0) is 0 Å². The van der Waals surface area contributed by atoms with Crippen LogP contribution < -0.4 is 11.0 Å². The zero-order valence-electron chi connectivity index (χ0n) is 11.6. The molecule has 3 aromatic rings. The summed E-state index contributed by atoms with van der Waals surface area (Å²) in [6.45, 7) is 3.02. The van der Waals surface area contributed by atoms with Gasteiger partial charge in [-0.2, -0.15) is 0 Å². The van der Waals surface area contributed by atoms with Gasteiger partial charge in [0.15, 0.2) is 0 Å². The second-order valence-electron chi connectivity index (χ2n) is 4.94. The van der Waals surface area contributed by atoms with Crippen molar-refractivity contribution in [3.8, 4) is 0 Å². The molecule has 0 radical (unpaired) electrons. The van der Waals surface area contributed by atoms with E-state index >= 15 is 0 Å². The molecule has 1 atom stereocenters. The molecule has 0 fully saturated rings. The highest BCUT2D eigenvalue weighted by Crippen LogP contribution is 2.31. The molecule has 110 valence electrons. The molecular weight excluding hydrogens is 334 g/mol. The van der Waals surface area contributed by atoms with Gasteiger partial charge in [0, 0.05) is 10.0 Å². The molecule has 1 unspecified atom stereocenters. The Hall–Kier alpha value is -1.79. The predicted octanol–water partition coefficient (Wildman–Crippen LogP) is 3.30. The third-order valence-electron chi connectivity index (χ3n) is 3.42. The number of rotatable bonds is 5. The summed E-state index contributed by atoms with van der Waals surface area (Å²) in [6.07, 6.45) is 4.44. The number of hydrogen-bond acceptors (Lipinski definition) is 3. The van der Waals surface area contributed by atoms with Gasteiger partial charge < -0.3 is 19.7 Å². The van der Waals surface area contributed by atoms with Crippen LogP contribution in [0.1, 0.15) is 30.5 Å². The topological polar surface area (TPSA) is 73.8 Å². The molecule has 0 aliphatic heterocycles. The molecule has 5 nitrogen and oxygen atoms in total. The maximum absolute atomic E-state index is 11.4. The van der Waals surface area contributed by atoms with Gasteiger partial charge in [-0.3, -0.25) is 0 Å². The number of H-pyrrole nitrogens is 2. The van der Waals surface area contributed by atoms with Crippen molar-refractivity contribution in [2.24, 2.45) is 0 Å². The van der Waals surface area contributed by atoms with Gasteiger partial charge in [-0.05, 0) is 36.7 Å². The summed E-state index contributed by atoms with van der Waals surface area (Å²) in [7, 11) is 0. The first-order valence-corrected chi connectivity index (χ1v) is 7.65. The first-order valence-electron chi connectivity index (χ1n) is 6.86. The highest BCUT2D eigenvalue weighted by atomic mass is 79.9. The minimum Gasteiger partial charge on any atom is -0.472 e. The van der Waals surface area contributed by atoms with Crippen molar-refractivity contribution in [2.45, 2.75) is 19.4 Å². The molecule has 2 heterocycles. The van der Waals surface area contributed by atoms with Crippen LogP contribution in [0.3, 0.4) is 0 Å². The Morgan fingerprint density at radius 2 is 2.10 bits per heavy atom. The number of nitrogens with one attached hydrogen (secondary N) is 3. The van der Waals surface area contributed by atoms with E-state index in [2.05, 4.69) is 38.1 Å².